The van der Waals surface area contributed by atoms with Gasteiger partial charge in [-0.2, -0.15) is 4.98 Å². The highest BCUT2D eigenvalue weighted by atomic mass is 15.3. The number of aromatic nitrogens is 2. The van der Waals surface area contributed by atoms with Crippen LogP contribution in [0.15, 0.2) is 6.07 Å². The summed E-state index contributed by atoms with van der Waals surface area (Å²) in [6.45, 7) is 5.12. The maximum absolute atomic E-state index is 5.31. The predicted molar refractivity (Wildman–Crippen MR) is 76.4 cm³/mol. The summed E-state index contributed by atoms with van der Waals surface area (Å²) in [7, 11) is 0. The molecule has 1 aromatic heterocycles. The summed E-state index contributed by atoms with van der Waals surface area (Å²) < 4.78 is 0. The van der Waals surface area contributed by atoms with Crippen molar-refractivity contribution in [2.24, 2.45) is 5.84 Å². The molecule has 0 radical (unpaired) electrons. The van der Waals surface area contributed by atoms with Crippen LogP contribution in [0.3, 0.4) is 0 Å². The number of anilines is 2. The Bertz CT molecular complexity index is 340. The van der Waals surface area contributed by atoms with Crippen LogP contribution in [0.2, 0.25) is 0 Å². The number of hydrogen-bond donors (Lipinski definition) is 3. The van der Waals surface area contributed by atoms with E-state index >= 15 is 0 Å². The van der Waals surface area contributed by atoms with Crippen LogP contribution in [0.1, 0.15) is 51.1 Å². The Morgan fingerprint density at radius 3 is 2.56 bits per heavy atom. The first-order valence-corrected chi connectivity index (χ1v) is 6.82. The molecule has 0 saturated heterocycles. The Kier molecular flexibility index (Phi) is 7.10. The molecule has 0 aromatic carbocycles. The van der Waals surface area contributed by atoms with Gasteiger partial charge in [0.1, 0.15) is 5.82 Å². The first-order chi connectivity index (χ1) is 8.76. The van der Waals surface area contributed by atoms with Crippen molar-refractivity contribution in [3.05, 3.63) is 11.8 Å². The number of hydrogen-bond acceptors (Lipinski definition) is 5. The van der Waals surface area contributed by atoms with Crippen molar-refractivity contribution in [2.45, 2.75) is 52.4 Å². The summed E-state index contributed by atoms with van der Waals surface area (Å²) in [5.74, 6) is 6.60. The van der Waals surface area contributed by atoms with E-state index in [-0.39, 0.29) is 0 Å². The molecule has 5 heteroatoms. The Hall–Kier alpha value is -1.36. The quantitative estimate of drug-likeness (QED) is 0.357. The molecular weight excluding hydrogens is 226 g/mol. The van der Waals surface area contributed by atoms with Crippen LogP contribution < -0.4 is 16.6 Å². The van der Waals surface area contributed by atoms with Crippen molar-refractivity contribution in [3.63, 3.8) is 0 Å². The largest absolute Gasteiger partial charge is 0.370 e. The monoisotopic (exact) mass is 251 g/mol. The summed E-state index contributed by atoms with van der Waals surface area (Å²) in [6.07, 6.45) is 7.78. The smallest absolute Gasteiger partial charge is 0.239 e. The molecule has 0 amide bonds. The van der Waals surface area contributed by atoms with E-state index in [2.05, 4.69) is 27.6 Å². The lowest BCUT2D eigenvalue weighted by atomic mass is 10.1. The van der Waals surface area contributed by atoms with E-state index in [1.807, 2.05) is 13.0 Å². The first kappa shape index (κ1) is 14.7. The maximum atomic E-state index is 5.31. The highest BCUT2D eigenvalue weighted by Crippen LogP contribution is 2.10. The summed E-state index contributed by atoms with van der Waals surface area (Å²) in [4.78, 5) is 8.38. The molecule has 0 aliphatic rings. The second kappa shape index (κ2) is 8.69. The van der Waals surface area contributed by atoms with Crippen LogP contribution in [-0.4, -0.2) is 16.5 Å². The Balaban J connectivity index is 2.20. The number of nitrogens with zero attached hydrogens (tertiary/aromatic N) is 2. The molecule has 102 valence electrons. The second-order valence-electron chi connectivity index (χ2n) is 4.56. The van der Waals surface area contributed by atoms with E-state index in [0.29, 0.717) is 5.95 Å². The first-order valence-electron chi connectivity index (χ1n) is 6.82. The van der Waals surface area contributed by atoms with Gasteiger partial charge in [-0.05, 0) is 13.3 Å². The molecule has 0 unspecified atom stereocenters. The van der Waals surface area contributed by atoms with Crippen molar-refractivity contribution in [3.8, 4) is 0 Å². The van der Waals surface area contributed by atoms with Crippen LogP contribution in [0.5, 0.6) is 0 Å². The average Bonchev–Trinajstić information content (AvgIpc) is 2.37. The molecule has 5 nitrogen and oxygen atoms in total. The van der Waals surface area contributed by atoms with Gasteiger partial charge in [0, 0.05) is 18.3 Å². The molecule has 0 saturated carbocycles. The molecule has 0 aliphatic heterocycles. The third kappa shape index (κ3) is 5.82. The highest BCUT2D eigenvalue weighted by molar-refractivity contribution is 5.41. The topological polar surface area (TPSA) is 75.9 Å². The zero-order valence-corrected chi connectivity index (χ0v) is 11.5. The van der Waals surface area contributed by atoms with Crippen molar-refractivity contribution in [1.82, 2.24) is 9.97 Å². The number of rotatable bonds is 9. The fourth-order valence-electron chi connectivity index (χ4n) is 1.85. The maximum Gasteiger partial charge on any atom is 0.239 e. The zero-order chi connectivity index (χ0) is 13.2. The van der Waals surface area contributed by atoms with E-state index in [1.165, 1.54) is 38.5 Å². The molecule has 0 fully saturated rings. The van der Waals surface area contributed by atoms with E-state index in [0.717, 1.165) is 18.1 Å². The third-order valence-corrected chi connectivity index (χ3v) is 2.82. The molecule has 1 aromatic rings. The van der Waals surface area contributed by atoms with E-state index in [1.54, 1.807) is 0 Å². The number of nitrogen functional groups attached to an aromatic ring is 1. The lowest BCUT2D eigenvalue weighted by Gasteiger charge is -2.08. The number of nitrogens with two attached hydrogens (primary N) is 1. The van der Waals surface area contributed by atoms with Crippen molar-refractivity contribution in [1.29, 1.82) is 0 Å². The summed E-state index contributed by atoms with van der Waals surface area (Å²) in [5.41, 5.74) is 3.38. The molecule has 0 aliphatic carbocycles. The van der Waals surface area contributed by atoms with Gasteiger partial charge in [0.25, 0.3) is 0 Å². The van der Waals surface area contributed by atoms with Crippen molar-refractivity contribution < 1.29 is 0 Å². The number of aryl methyl sites for hydroxylation is 1. The van der Waals surface area contributed by atoms with Crippen LogP contribution in [-0.2, 0) is 0 Å². The lowest BCUT2D eigenvalue weighted by Crippen LogP contribution is -2.13. The van der Waals surface area contributed by atoms with E-state index in [4.69, 9.17) is 5.84 Å². The molecular formula is C13H25N5. The summed E-state index contributed by atoms with van der Waals surface area (Å²) >= 11 is 0. The summed E-state index contributed by atoms with van der Waals surface area (Å²) in [6, 6.07) is 1.93. The van der Waals surface area contributed by atoms with Crippen molar-refractivity contribution in [2.75, 3.05) is 17.3 Å². The van der Waals surface area contributed by atoms with Gasteiger partial charge in [-0.3, -0.25) is 5.43 Å². The fourth-order valence-corrected chi connectivity index (χ4v) is 1.85. The van der Waals surface area contributed by atoms with Gasteiger partial charge in [0.05, 0.1) is 0 Å². The Morgan fingerprint density at radius 1 is 1.11 bits per heavy atom. The van der Waals surface area contributed by atoms with Crippen LogP contribution in [0.4, 0.5) is 11.8 Å². The molecule has 4 N–H and O–H groups in total. The van der Waals surface area contributed by atoms with E-state index < -0.39 is 0 Å². The molecule has 0 spiro atoms. The number of unbranched alkanes of at least 4 members (excludes halogenated alkanes) is 5. The third-order valence-electron chi connectivity index (χ3n) is 2.82. The standard InChI is InChI=1S/C13H25N5/c1-3-4-5-6-7-8-9-15-12-10-11(2)16-13(17-12)18-14/h10H,3-9,14H2,1-2H3,(H2,15,16,17,18). The normalized spacial score (nSPS) is 10.4. The number of nitrogens with one attached hydrogen (secondary N) is 2. The van der Waals surface area contributed by atoms with Gasteiger partial charge in [-0.1, -0.05) is 39.0 Å². The predicted octanol–water partition coefficient (Wildman–Crippen LogP) is 2.84. The minimum Gasteiger partial charge on any atom is -0.370 e. The van der Waals surface area contributed by atoms with Gasteiger partial charge in [-0.15, -0.1) is 0 Å². The van der Waals surface area contributed by atoms with E-state index in [9.17, 15) is 0 Å². The van der Waals surface area contributed by atoms with Crippen molar-refractivity contribution >= 4 is 11.8 Å². The highest BCUT2D eigenvalue weighted by Gasteiger charge is 1.99. The minimum atomic E-state index is 0.459. The van der Waals surface area contributed by atoms with Gasteiger partial charge in [0.15, 0.2) is 0 Å². The summed E-state index contributed by atoms with van der Waals surface area (Å²) in [5, 5.41) is 3.30. The lowest BCUT2D eigenvalue weighted by molar-refractivity contribution is 0.617. The zero-order valence-electron chi connectivity index (χ0n) is 11.5. The van der Waals surface area contributed by atoms with Gasteiger partial charge in [0.2, 0.25) is 5.95 Å². The number of hydrazine groups is 1. The van der Waals surface area contributed by atoms with Gasteiger partial charge >= 0.3 is 0 Å². The Labute approximate surface area is 110 Å². The van der Waals surface area contributed by atoms with Gasteiger partial charge < -0.3 is 5.32 Å². The molecule has 0 atom stereocenters. The average molecular weight is 251 g/mol. The molecule has 1 heterocycles. The molecule has 1 rings (SSSR count). The molecule has 18 heavy (non-hydrogen) atoms. The van der Waals surface area contributed by atoms with Gasteiger partial charge in [-0.25, -0.2) is 10.8 Å². The molecule has 0 bridgehead atoms. The van der Waals surface area contributed by atoms with Crippen LogP contribution in [0.25, 0.3) is 0 Å². The van der Waals surface area contributed by atoms with Crippen LogP contribution in [0, 0.1) is 6.92 Å². The fraction of sp³-hybridized carbons (Fsp3) is 0.692. The minimum absolute atomic E-state index is 0.459. The van der Waals surface area contributed by atoms with Crippen LogP contribution >= 0.6 is 0 Å². The Morgan fingerprint density at radius 2 is 1.83 bits per heavy atom. The SMILES string of the molecule is CCCCCCCCNc1cc(C)nc(NN)n1. The second-order valence-corrected chi connectivity index (χ2v) is 4.56.